The van der Waals surface area contributed by atoms with Gasteiger partial charge in [0.1, 0.15) is 6.54 Å². The first-order chi connectivity index (χ1) is 11.3. The van der Waals surface area contributed by atoms with Gasteiger partial charge in [0.15, 0.2) is 12.4 Å². The molecule has 0 radical (unpaired) electrons. The maximum absolute atomic E-state index is 3.53. The summed E-state index contributed by atoms with van der Waals surface area (Å²) in [4.78, 5) is 0. The highest BCUT2D eigenvalue weighted by Crippen LogP contribution is 2.13. The first-order valence-corrected chi connectivity index (χ1v) is 10.8. The van der Waals surface area contributed by atoms with Crippen LogP contribution in [-0.4, -0.2) is 0 Å². The van der Waals surface area contributed by atoms with E-state index in [0.717, 1.165) is 6.54 Å². The number of rotatable bonds is 15. The smallest absolute Gasteiger partial charge is 0.183 e. The van der Waals surface area contributed by atoms with E-state index >= 15 is 0 Å². The summed E-state index contributed by atoms with van der Waals surface area (Å²) >= 11 is 3.53. The predicted molar refractivity (Wildman–Crippen MR) is 105 cm³/mol. The Labute approximate surface area is 169 Å². The highest BCUT2D eigenvalue weighted by molar-refractivity contribution is 9.10. The van der Waals surface area contributed by atoms with Crippen molar-refractivity contribution in [2.45, 2.75) is 103 Å². The van der Waals surface area contributed by atoms with Gasteiger partial charge in [0.2, 0.25) is 0 Å². The van der Waals surface area contributed by atoms with E-state index in [9.17, 15) is 0 Å². The number of hydrogen-bond donors (Lipinski definition) is 0. The largest absolute Gasteiger partial charge is 1.00 e. The molecule has 0 saturated heterocycles. The van der Waals surface area contributed by atoms with Crippen molar-refractivity contribution in [1.29, 1.82) is 0 Å². The van der Waals surface area contributed by atoms with Crippen molar-refractivity contribution in [1.82, 2.24) is 0 Å². The van der Waals surface area contributed by atoms with Crippen LogP contribution in [0.2, 0.25) is 0 Å². The Morgan fingerprint density at radius 2 is 1.21 bits per heavy atom. The van der Waals surface area contributed by atoms with Gasteiger partial charge >= 0.3 is 0 Å². The lowest BCUT2D eigenvalue weighted by Crippen LogP contribution is -3.00. The summed E-state index contributed by atoms with van der Waals surface area (Å²) in [7, 11) is 0. The number of aromatic nitrogens is 1. The van der Waals surface area contributed by atoms with Crippen LogP contribution in [0.4, 0.5) is 0 Å². The van der Waals surface area contributed by atoms with Crippen LogP contribution in [0.5, 0.6) is 0 Å². The van der Waals surface area contributed by atoms with E-state index in [4.69, 9.17) is 0 Å². The number of nitrogens with zero attached hydrogens (tertiary/aromatic N) is 1. The van der Waals surface area contributed by atoms with Crippen LogP contribution in [0.25, 0.3) is 0 Å². The molecule has 0 aliphatic carbocycles. The first-order valence-electron chi connectivity index (χ1n) is 9.97. The molecule has 1 rings (SSSR count). The third-order valence-electron chi connectivity index (χ3n) is 4.59. The zero-order chi connectivity index (χ0) is 16.6. The van der Waals surface area contributed by atoms with Crippen LogP contribution in [0.1, 0.15) is 96.8 Å². The Morgan fingerprint density at radius 1 is 0.750 bits per heavy atom. The number of unbranched alkanes of at least 4 members (excludes halogenated alkanes) is 13. The second kappa shape index (κ2) is 17.9. The number of hydrogen-bond acceptors (Lipinski definition) is 0. The fraction of sp³-hybridized carbons (Fsp3) is 0.762. The molecule has 0 atom stereocenters. The van der Waals surface area contributed by atoms with Crippen molar-refractivity contribution in [3.63, 3.8) is 0 Å². The van der Waals surface area contributed by atoms with Crippen molar-refractivity contribution in [3.8, 4) is 0 Å². The molecule has 3 heteroatoms. The maximum Gasteiger partial charge on any atom is 0.183 e. The van der Waals surface area contributed by atoms with Gasteiger partial charge in [-0.1, -0.05) is 84.0 Å². The van der Waals surface area contributed by atoms with Gasteiger partial charge in [-0.2, -0.15) is 0 Å². The lowest BCUT2D eigenvalue weighted by Gasteiger charge is -2.03. The molecule has 0 aliphatic rings. The Balaban J connectivity index is 0.00000529. The van der Waals surface area contributed by atoms with Crippen molar-refractivity contribution in [2.75, 3.05) is 0 Å². The zero-order valence-electron chi connectivity index (χ0n) is 15.6. The average Bonchev–Trinajstić information content (AvgIpc) is 2.55. The molecule has 0 amide bonds. The van der Waals surface area contributed by atoms with Crippen LogP contribution in [0, 0.1) is 0 Å². The van der Waals surface area contributed by atoms with E-state index in [0.29, 0.717) is 0 Å². The molecule has 0 bridgehead atoms. The topological polar surface area (TPSA) is 3.88 Å². The molecule has 0 unspecified atom stereocenters. The molecule has 1 nitrogen and oxygen atoms in total. The van der Waals surface area contributed by atoms with Gasteiger partial charge in [-0.3, -0.25) is 0 Å². The van der Waals surface area contributed by atoms with Gasteiger partial charge in [0.25, 0.3) is 0 Å². The van der Waals surface area contributed by atoms with E-state index in [1.54, 1.807) is 0 Å². The van der Waals surface area contributed by atoms with Gasteiger partial charge < -0.3 is 17.0 Å². The van der Waals surface area contributed by atoms with E-state index < -0.39 is 0 Å². The molecule has 0 fully saturated rings. The Bertz CT molecular complexity index is 382. The summed E-state index contributed by atoms with van der Waals surface area (Å²) in [5, 5.41) is 0. The normalized spacial score (nSPS) is 10.6. The molecular formula is C21H37Br2N. The second-order valence-corrected chi connectivity index (χ2v) is 7.77. The molecule has 1 heterocycles. The van der Waals surface area contributed by atoms with Crippen LogP contribution < -0.4 is 21.5 Å². The Morgan fingerprint density at radius 3 is 1.67 bits per heavy atom. The van der Waals surface area contributed by atoms with Crippen LogP contribution in [0.3, 0.4) is 0 Å². The van der Waals surface area contributed by atoms with Gasteiger partial charge in [0.05, 0.1) is 4.47 Å². The lowest BCUT2D eigenvalue weighted by atomic mass is 10.0. The summed E-state index contributed by atoms with van der Waals surface area (Å²) in [6.07, 6.45) is 24.3. The highest BCUT2D eigenvalue weighted by atomic mass is 79.9. The quantitative estimate of drug-likeness (QED) is 0.271. The van der Waals surface area contributed by atoms with Crippen molar-refractivity contribution < 1.29 is 21.5 Å². The number of aryl methyl sites for hydroxylation is 1. The Hall–Kier alpha value is 0.110. The molecule has 24 heavy (non-hydrogen) atoms. The molecule has 0 saturated carbocycles. The lowest BCUT2D eigenvalue weighted by molar-refractivity contribution is -0.698. The van der Waals surface area contributed by atoms with E-state index in [-0.39, 0.29) is 17.0 Å². The molecular weight excluding hydrogens is 426 g/mol. The molecule has 0 aliphatic heterocycles. The third-order valence-corrected chi connectivity index (χ3v) is 5.06. The maximum atomic E-state index is 3.53. The number of halogens is 2. The zero-order valence-corrected chi connectivity index (χ0v) is 18.8. The molecule has 1 aromatic rings. The summed E-state index contributed by atoms with van der Waals surface area (Å²) in [6, 6.07) is 4.19. The minimum atomic E-state index is 0. The fourth-order valence-corrected chi connectivity index (χ4v) is 3.53. The van der Waals surface area contributed by atoms with Crippen molar-refractivity contribution >= 4 is 15.9 Å². The average molecular weight is 463 g/mol. The highest BCUT2D eigenvalue weighted by Gasteiger charge is 2.00. The SMILES string of the molecule is CCCCCCCCCCCCCCCC[n+]1cccc(Br)c1.[Br-]. The summed E-state index contributed by atoms with van der Waals surface area (Å²) in [5.41, 5.74) is 0. The van der Waals surface area contributed by atoms with E-state index in [2.05, 4.69) is 51.9 Å². The molecule has 140 valence electrons. The monoisotopic (exact) mass is 461 g/mol. The molecule has 0 aromatic carbocycles. The standard InChI is InChI=1S/C21H37BrN.BrH/c1-2-3-4-5-6-7-8-9-10-11-12-13-14-15-18-23-19-16-17-21(22)20-23;/h16-17,19-20H,2-15,18H2,1H3;1H/q+1;/p-1. The minimum Gasteiger partial charge on any atom is -1.00 e. The van der Waals surface area contributed by atoms with E-state index in [1.165, 1.54) is 94.4 Å². The predicted octanol–water partition coefficient (Wildman–Crippen LogP) is 4.22. The summed E-state index contributed by atoms with van der Waals surface area (Å²) in [6.45, 7) is 3.44. The van der Waals surface area contributed by atoms with Gasteiger partial charge in [0, 0.05) is 12.5 Å². The van der Waals surface area contributed by atoms with Crippen LogP contribution in [-0.2, 0) is 6.54 Å². The van der Waals surface area contributed by atoms with Crippen LogP contribution >= 0.6 is 15.9 Å². The van der Waals surface area contributed by atoms with Crippen LogP contribution in [0.15, 0.2) is 29.0 Å². The van der Waals surface area contributed by atoms with Gasteiger partial charge in [-0.25, -0.2) is 4.57 Å². The van der Waals surface area contributed by atoms with Crippen molar-refractivity contribution in [3.05, 3.63) is 29.0 Å². The summed E-state index contributed by atoms with van der Waals surface area (Å²) < 4.78 is 3.45. The van der Waals surface area contributed by atoms with Gasteiger partial charge in [-0.15, -0.1) is 0 Å². The molecule has 1 aromatic heterocycles. The fourth-order valence-electron chi connectivity index (χ4n) is 3.12. The van der Waals surface area contributed by atoms with Gasteiger partial charge in [-0.05, 0) is 28.4 Å². The third kappa shape index (κ3) is 14.5. The van der Waals surface area contributed by atoms with E-state index in [1.807, 2.05) is 0 Å². The number of pyridine rings is 1. The molecule has 0 spiro atoms. The first kappa shape index (κ1) is 24.1. The minimum absolute atomic E-state index is 0. The second-order valence-electron chi connectivity index (χ2n) is 6.86. The summed E-state index contributed by atoms with van der Waals surface area (Å²) in [5.74, 6) is 0. The Kier molecular flexibility index (Phi) is 18.0. The molecule has 0 N–H and O–H groups in total. The van der Waals surface area contributed by atoms with Crippen molar-refractivity contribution in [2.24, 2.45) is 0 Å².